The van der Waals surface area contributed by atoms with Crippen LogP contribution in [0.4, 0.5) is 0 Å². The van der Waals surface area contributed by atoms with Crippen molar-refractivity contribution in [3.8, 4) is 17.6 Å². The van der Waals surface area contributed by atoms with Crippen LogP contribution in [0.5, 0.6) is 11.5 Å². The standard InChI is InChI=1S/C35H34N2O7/c1-42-30-16-25(18-36)29(17-28(30)33(38)37-32-23-10-9-22(15-23)31(32)34(39)40)44-26-13-11-21(12-14-26)35(41)43-19-24-7-4-6-20-5-2-3-8-27(20)24/h2-10,16-17,21-23,26,31-32H,11-15,19H2,1H3,(H,37,38)(H,39,40). The molecule has 3 aliphatic rings. The third-order valence-electron chi connectivity index (χ3n) is 9.26. The van der Waals surface area contributed by atoms with Gasteiger partial charge in [0.25, 0.3) is 5.91 Å². The highest BCUT2D eigenvalue weighted by molar-refractivity contribution is 5.98. The number of allylic oxidation sites excluding steroid dienone is 1. The molecule has 226 valence electrons. The first-order chi connectivity index (χ1) is 21.4. The SMILES string of the molecule is COc1cc(C#N)c(OC2CCC(C(=O)OCc3cccc4ccccc34)CC2)cc1C(=O)NC1C2C=CC(C2)C1C(=O)O. The van der Waals surface area contributed by atoms with E-state index in [-0.39, 0.29) is 59.1 Å². The van der Waals surface area contributed by atoms with E-state index in [0.717, 1.165) is 16.3 Å². The first-order valence-corrected chi connectivity index (χ1v) is 15.0. The monoisotopic (exact) mass is 594 g/mol. The van der Waals surface area contributed by atoms with E-state index in [1.165, 1.54) is 19.2 Å². The van der Waals surface area contributed by atoms with E-state index >= 15 is 0 Å². The van der Waals surface area contributed by atoms with Gasteiger partial charge in [-0.05, 0) is 66.3 Å². The molecule has 2 saturated carbocycles. The lowest BCUT2D eigenvalue weighted by Crippen LogP contribution is -2.45. The van der Waals surface area contributed by atoms with Crippen molar-refractivity contribution >= 4 is 28.6 Å². The number of carbonyl (C=O) groups excluding carboxylic acids is 2. The van der Waals surface area contributed by atoms with Crippen molar-refractivity contribution in [3.63, 3.8) is 0 Å². The molecule has 2 bridgehead atoms. The van der Waals surface area contributed by atoms with Crippen molar-refractivity contribution in [1.82, 2.24) is 5.32 Å². The molecule has 9 heteroatoms. The first kappa shape index (κ1) is 29.2. The molecule has 4 atom stereocenters. The zero-order valence-electron chi connectivity index (χ0n) is 24.4. The maximum Gasteiger partial charge on any atom is 0.309 e. The van der Waals surface area contributed by atoms with E-state index in [1.54, 1.807) is 0 Å². The molecule has 0 aliphatic heterocycles. The van der Waals surface area contributed by atoms with E-state index < -0.39 is 23.8 Å². The van der Waals surface area contributed by atoms with Crippen molar-refractivity contribution in [2.45, 2.75) is 50.9 Å². The van der Waals surface area contributed by atoms with Crippen LogP contribution in [-0.2, 0) is 20.9 Å². The maximum atomic E-state index is 13.4. The van der Waals surface area contributed by atoms with Gasteiger partial charge in [0.2, 0.25) is 0 Å². The van der Waals surface area contributed by atoms with Crippen molar-refractivity contribution in [2.24, 2.45) is 23.7 Å². The number of rotatable bonds is 9. The molecule has 0 spiro atoms. The number of nitrogens with one attached hydrogen (secondary N) is 1. The summed E-state index contributed by atoms with van der Waals surface area (Å²) < 4.78 is 17.4. The third-order valence-corrected chi connectivity index (χ3v) is 9.26. The molecule has 2 fully saturated rings. The fraction of sp³-hybridized carbons (Fsp3) is 0.371. The Hall–Kier alpha value is -4.84. The molecule has 6 rings (SSSR count). The van der Waals surface area contributed by atoms with Crippen LogP contribution in [0.2, 0.25) is 0 Å². The number of esters is 1. The second-order valence-corrected chi connectivity index (χ2v) is 11.8. The Morgan fingerprint density at radius 1 is 0.977 bits per heavy atom. The number of nitriles is 1. The largest absolute Gasteiger partial charge is 0.496 e. The summed E-state index contributed by atoms with van der Waals surface area (Å²) in [4.78, 5) is 38.3. The number of fused-ring (bicyclic) bond motifs is 3. The van der Waals surface area contributed by atoms with Crippen LogP contribution in [0.1, 0.15) is 53.6 Å². The lowest BCUT2D eigenvalue weighted by atomic mass is 9.87. The fourth-order valence-corrected chi connectivity index (χ4v) is 6.96. The Balaban J connectivity index is 1.09. The first-order valence-electron chi connectivity index (χ1n) is 15.0. The quantitative estimate of drug-likeness (QED) is 0.248. The molecule has 0 radical (unpaired) electrons. The number of hydrogen-bond acceptors (Lipinski definition) is 7. The van der Waals surface area contributed by atoms with Gasteiger partial charge in [0.1, 0.15) is 24.2 Å². The van der Waals surface area contributed by atoms with Gasteiger partial charge in [-0.25, -0.2) is 0 Å². The summed E-state index contributed by atoms with van der Waals surface area (Å²) in [5.74, 6) is -2.26. The Bertz CT molecular complexity index is 1660. The Kier molecular flexibility index (Phi) is 8.25. The Morgan fingerprint density at radius 2 is 1.73 bits per heavy atom. The second kappa shape index (κ2) is 12.4. The van der Waals surface area contributed by atoms with Crippen LogP contribution in [0, 0.1) is 35.0 Å². The number of carboxylic acids is 1. The highest BCUT2D eigenvalue weighted by Gasteiger charge is 2.49. The molecule has 1 amide bonds. The highest BCUT2D eigenvalue weighted by atomic mass is 16.5. The second-order valence-electron chi connectivity index (χ2n) is 11.8. The van der Waals surface area contributed by atoms with Crippen LogP contribution < -0.4 is 14.8 Å². The van der Waals surface area contributed by atoms with Gasteiger partial charge in [-0.1, -0.05) is 54.6 Å². The summed E-state index contributed by atoms with van der Waals surface area (Å²) in [6.07, 6.45) is 6.67. The normalized spacial score (nSPS) is 25.3. The number of benzene rings is 3. The van der Waals surface area contributed by atoms with Gasteiger partial charge in [-0.15, -0.1) is 0 Å². The molecule has 3 aromatic carbocycles. The van der Waals surface area contributed by atoms with Crippen molar-refractivity contribution < 1.29 is 33.7 Å². The van der Waals surface area contributed by atoms with Crippen molar-refractivity contribution in [3.05, 3.63) is 83.4 Å². The maximum absolute atomic E-state index is 13.4. The molecule has 0 aromatic heterocycles. The third kappa shape index (κ3) is 5.72. The number of ether oxygens (including phenoxy) is 3. The van der Waals surface area contributed by atoms with Gasteiger partial charge in [0.15, 0.2) is 0 Å². The minimum atomic E-state index is -0.934. The fourth-order valence-electron chi connectivity index (χ4n) is 6.96. The molecule has 3 aliphatic carbocycles. The van der Waals surface area contributed by atoms with Gasteiger partial charge >= 0.3 is 11.9 Å². The van der Waals surface area contributed by atoms with Crippen LogP contribution >= 0.6 is 0 Å². The topological polar surface area (TPSA) is 135 Å². The highest BCUT2D eigenvalue weighted by Crippen LogP contribution is 2.44. The van der Waals surface area contributed by atoms with E-state index in [4.69, 9.17) is 14.2 Å². The predicted octanol–water partition coefficient (Wildman–Crippen LogP) is 5.41. The van der Waals surface area contributed by atoms with Gasteiger partial charge in [0.05, 0.1) is 36.2 Å². The number of carbonyl (C=O) groups is 3. The van der Waals surface area contributed by atoms with Crippen LogP contribution in [-0.4, -0.2) is 42.2 Å². The molecule has 9 nitrogen and oxygen atoms in total. The summed E-state index contributed by atoms with van der Waals surface area (Å²) >= 11 is 0. The van der Waals surface area contributed by atoms with Gasteiger partial charge in [-0.2, -0.15) is 5.26 Å². The summed E-state index contributed by atoms with van der Waals surface area (Å²) in [7, 11) is 1.41. The molecule has 0 saturated heterocycles. The lowest BCUT2D eigenvalue weighted by molar-refractivity contribution is -0.151. The van der Waals surface area contributed by atoms with Gasteiger partial charge < -0.3 is 24.6 Å². The Labute approximate surface area is 255 Å². The van der Waals surface area contributed by atoms with Crippen molar-refractivity contribution in [1.29, 1.82) is 5.26 Å². The molecule has 4 unspecified atom stereocenters. The van der Waals surface area contributed by atoms with E-state index in [1.807, 2.05) is 54.6 Å². The number of amides is 1. The number of aliphatic carboxylic acids is 1. The minimum Gasteiger partial charge on any atom is -0.496 e. The minimum absolute atomic E-state index is 0.0425. The van der Waals surface area contributed by atoms with Gasteiger partial charge in [-0.3, -0.25) is 14.4 Å². The van der Waals surface area contributed by atoms with Crippen LogP contribution in [0.15, 0.2) is 66.7 Å². The van der Waals surface area contributed by atoms with Gasteiger partial charge in [0, 0.05) is 12.1 Å². The lowest BCUT2D eigenvalue weighted by Gasteiger charge is -2.29. The summed E-state index contributed by atoms with van der Waals surface area (Å²) in [5.41, 5.74) is 1.36. The smallest absolute Gasteiger partial charge is 0.309 e. The van der Waals surface area contributed by atoms with E-state index in [9.17, 15) is 24.8 Å². The zero-order chi connectivity index (χ0) is 30.8. The van der Waals surface area contributed by atoms with Crippen LogP contribution in [0.25, 0.3) is 10.8 Å². The predicted molar refractivity (Wildman–Crippen MR) is 161 cm³/mol. The molecule has 44 heavy (non-hydrogen) atoms. The molecular weight excluding hydrogens is 560 g/mol. The van der Waals surface area contributed by atoms with Crippen LogP contribution in [0.3, 0.4) is 0 Å². The molecule has 3 aromatic rings. The molecule has 2 N–H and O–H groups in total. The summed E-state index contributed by atoms with van der Waals surface area (Å²) in [6.45, 7) is 0.213. The summed E-state index contributed by atoms with van der Waals surface area (Å²) in [5, 5.41) is 24.6. The molecular formula is C35H34N2O7. The number of carboxylic acid groups (broad SMARTS) is 1. The number of hydrogen-bond donors (Lipinski definition) is 2. The number of methoxy groups -OCH3 is 1. The van der Waals surface area contributed by atoms with E-state index in [0.29, 0.717) is 32.1 Å². The summed E-state index contributed by atoms with van der Waals surface area (Å²) in [6, 6.07) is 18.5. The molecule has 0 heterocycles. The zero-order valence-corrected chi connectivity index (χ0v) is 24.4. The average molecular weight is 595 g/mol. The van der Waals surface area contributed by atoms with E-state index in [2.05, 4.69) is 11.4 Å². The Morgan fingerprint density at radius 3 is 2.48 bits per heavy atom. The van der Waals surface area contributed by atoms with Crippen molar-refractivity contribution in [2.75, 3.05) is 7.11 Å². The average Bonchev–Trinajstić information content (AvgIpc) is 3.66. The number of nitrogens with zero attached hydrogens (tertiary/aromatic N) is 1.